The molecule has 0 aliphatic carbocycles. The third-order valence-corrected chi connectivity index (χ3v) is 3.32. The van der Waals surface area contributed by atoms with E-state index in [0.29, 0.717) is 16.2 Å². The van der Waals surface area contributed by atoms with E-state index in [9.17, 15) is 5.21 Å². The van der Waals surface area contributed by atoms with Crippen LogP contribution in [-0.4, -0.2) is 0 Å². The summed E-state index contributed by atoms with van der Waals surface area (Å²) >= 11 is 0. The average molecular weight is 304 g/mol. The number of hydrogen-bond acceptors (Lipinski definition) is 4. The van der Waals surface area contributed by atoms with Crippen LogP contribution in [-0.2, 0) is 0 Å². The van der Waals surface area contributed by atoms with Crippen LogP contribution >= 0.6 is 0 Å². The number of azo groups is 1. The number of nitrogens with zero attached hydrogens (tertiary/aromatic N) is 3. The second-order valence-corrected chi connectivity index (χ2v) is 5.08. The van der Waals surface area contributed by atoms with Crippen molar-refractivity contribution in [2.75, 3.05) is 5.32 Å². The molecule has 0 bridgehead atoms. The fourth-order valence-corrected chi connectivity index (χ4v) is 2.11. The largest absolute Gasteiger partial charge is 0.710 e. The Morgan fingerprint density at radius 2 is 1.52 bits per heavy atom. The van der Waals surface area contributed by atoms with Crippen LogP contribution in [0, 0.1) is 12.1 Å². The number of anilines is 2. The molecule has 2 aromatic carbocycles. The minimum atomic E-state index is 0.305. The predicted octanol–water partition coefficient (Wildman–Crippen LogP) is 4.79. The normalized spacial score (nSPS) is 10.8. The van der Waals surface area contributed by atoms with E-state index in [1.165, 1.54) is 6.20 Å². The molecule has 5 nitrogen and oxygen atoms in total. The molecule has 1 N–H and O–H groups in total. The predicted molar refractivity (Wildman–Crippen MR) is 90.5 cm³/mol. The lowest BCUT2D eigenvalue weighted by Crippen LogP contribution is -2.25. The summed E-state index contributed by atoms with van der Waals surface area (Å²) in [6.07, 6.45) is 1.41. The van der Waals surface area contributed by atoms with Crippen LogP contribution in [0.25, 0.3) is 0 Å². The Labute approximate surface area is 134 Å². The van der Waals surface area contributed by atoms with Crippen molar-refractivity contribution in [2.45, 2.75) is 6.92 Å². The van der Waals surface area contributed by atoms with Gasteiger partial charge in [0.05, 0.1) is 11.3 Å². The standard InChI is InChI=1S/C18H16N4O/c1-14-6-5-13-22(23)18(14)21-20-17-11-9-16(10-12-17)19-15-7-3-2-4-8-15/h2-13,19H,1H3. The molecule has 0 fully saturated rings. The van der Waals surface area contributed by atoms with Crippen LogP contribution in [0.15, 0.2) is 83.2 Å². The molecule has 1 heterocycles. The first kappa shape index (κ1) is 14.7. The van der Waals surface area contributed by atoms with Gasteiger partial charge in [-0.2, -0.15) is 0 Å². The Kier molecular flexibility index (Phi) is 4.29. The highest BCUT2D eigenvalue weighted by atomic mass is 16.5. The minimum absolute atomic E-state index is 0.305. The zero-order chi connectivity index (χ0) is 16.1. The van der Waals surface area contributed by atoms with Crippen molar-refractivity contribution >= 4 is 22.9 Å². The molecular formula is C18H16N4O. The van der Waals surface area contributed by atoms with Crippen LogP contribution in [0.4, 0.5) is 22.9 Å². The molecule has 0 aliphatic rings. The molecular weight excluding hydrogens is 288 g/mol. The first-order valence-electron chi connectivity index (χ1n) is 7.25. The number of aromatic nitrogens is 1. The number of benzene rings is 2. The van der Waals surface area contributed by atoms with E-state index in [0.717, 1.165) is 16.9 Å². The van der Waals surface area contributed by atoms with E-state index < -0.39 is 0 Å². The third kappa shape index (κ3) is 3.71. The monoisotopic (exact) mass is 304 g/mol. The van der Waals surface area contributed by atoms with E-state index in [-0.39, 0.29) is 0 Å². The quantitative estimate of drug-likeness (QED) is 0.428. The number of hydrogen-bond donors (Lipinski definition) is 1. The van der Waals surface area contributed by atoms with Gasteiger partial charge < -0.3 is 10.5 Å². The Morgan fingerprint density at radius 1 is 0.826 bits per heavy atom. The smallest absolute Gasteiger partial charge is 0.356 e. The number of pyridine rings is 1. The topological polar surface area (TPSA) is 63.7 Å². The molecule has 5 heteroatoms. The second kappa shape index (κ2) is 6.70. The van der Waals surface area contributed by atoms with Crippen molar-refractivity contribution in [3.63, 3.8) is 0 Å². The van der Waals surface area contributed by atoms with E-state index in [1.54, 1.807) is 6.07 Å². The average Bonchev–Trinajstić information content (AvgIpc) is 2.57. The lowest BCUT2D eigenvalue weighted by Gasteiger charge is -2.05. The molecule has 0 radical (unpaired) electrons. The highest BCUT2D eigenvalue weighted by Gasteiger charge is 2.08. The van der Waals surface area contributed by atoms with Crippen molar-refractivity contribution in [2.24, 2.45) is 10.2 Å². The molecule has 0 spiro atoms. The molecule has 0 saturated carbocycles. The van der Waals surface area contributed by atoms with Crippen molar-refractivity contribution in [3.05, 3.63) is 83.7 Å². The summed E-state index contributed by atoms with van der Waals surface area (Å²) in [5, 5.41) is 23.1. The molecule has 0 aliphatic heterocycles. The Hall–Kier alpha value is -3.21. The van der Waals surface area contributed by atoms with Gasteiger partial charge in [-0.1, -0.05) is 18.2 Å². The highest BCUT2D eigenvalue weighted by molar-refractivity contribution is 5.61. The summed E-state index contributed by atoms with van der Waals surface area (Å²) in [4.78, 5) is 0. The lowest BCUT2D eigenvalue weighted by molar-refractivity contribution is -0.592. The fourth-order valence-electron chi connectivity index (χ4n) is 2.11. The van der Waals surface area contributed by atoms with Crippen molar-refractivity contribution in [1.82, 2.24) is 0 Å². The van der Waals surface area contributed by atoms with Crippen molar-refractivity contribution in [3.8, 4) is 0 Å². The van der Waals surface area contributed by atoms with E-state index in [1.807, 2.05) is 67.6 Å². The van der Waals surface area contributed by atoms with Gasteiger partial charge in [-0.25, -0.2) is 4.73 Å². The number of nitrogens with one attached hydrogen (secondary N) is 1. The summed E-state index contributed by atoms with van der Waals surface area (Å²) in [5.74, 6) is 0.305. The molecule has 3 rings (SSSR count). The second-order valence-electron chi connectivity index (χ2n) is 5.08. The third-order valence-electron chi connectivity index (χ3n) is 3.32. The van der Waals surface area contributed by atoms with Gasteiger partial charge in [-0.3, -0.25) is 0 Å². The first-order valence-corrected chi connectivity index (χ1v) is 7.25. The zero-order valence-corrected chi connectivity index (χ0v) is 12.7. The van der Waals surface area contributed by atoms with Gasteiger partial charge in [0, 0.05) is 16.9 Å². The van der Waals surface area contributed by atoms with Gasteiger partial charge in [0.2, 0.25) is 0 Å². The zero-order valence-electron chi connectivity index (χ0n) is 12.7. The first-order chi connectivity index (χ1) is 11.2. The van der Waals surface area contributed by atoms with Crippen LogP contribution in [0.5, 0.6) is 0 Å². The van der Waals surface area contributed by atoms with Crippen LogP contribution in [0.3, 0.4) is 0 Å². The van der Waals surface area contributed by atoms with Gasteiger partial charge in [0.15, 0.2) is 0 Å². The van der Waals surface area contributed by atoms with Crippen LogP contribution in [0.2, 0.25) is 0 Å². The molecule has 0 unspecified atom stereocenters. The highest BCUT2D eigenvalue weighted by Crippen LogP contribution is 2.22. The summed E-state index contributed by atoms with van der Waals surface area (Å²) in [7, 11) is 0. The molecule has 0 saturated heterocycles. The maximum atomic E-state index is 11.7. The van der Waals surface area contributed by atoms with Crippen LogP contribution < -0.4 is 10.0 Å². The van der Waals surface area contributed by atoms with Gasteiger partial charge in [-0.15, -0.1) is 0 Å². The summed E-state index contributed by atoms with van der Waals surface area (Å²) in [5.41, 5.74) is 3.46. The summed E-state index contributed by atoms with van der Waals surface area (Å²) in [6.45, 7) is 1.83. The van der Waals surface area contributed by atoms with E-state index in [4.69, 9.17) is 0 Å². The Balaban J connectivity index is 1.74. The van der Waals surface area contributed by atoms with Crippen molar-refractivity contribution in [1.29, 1.82) is 0 Å². The summed E-state index contributed by atoms with van der Waals surface area (Å²) < 4.78 is 0.712. The molecule has 1 aromatic heterocycles. The SMILES string of the molecule is Cc1ccc[n+]([O-])c1N=Nc1ccc(Nc2ccccc2)cc1. The Bertz CT molecular complexity index is 794. The molecule has 0 atom stereocenters. The van der Waals surface area contributed by atoms with E-state index in [2.05, 4.69) is 15.5 Å². The summed E-state index contributed by atoms with van der Waals surface area (Å²) in [6, 6.07) is 21.0. The van der Waals surface area contributed by atoms with E-state index >= 15 is 0 Å². The number of para-hydroxylation sites is 1. The van der Waals surface area contributed by atoms with Gasteiger partial charge in [0.25, 0.3) is 0 Å². The molecule has 0 amide bonds. The maximum Gasteiger partial charge on any atom is 0.356 e. The lowest BCUT2D eigenvalue weighted by atomic mass is 10.2. The number of aryl methyl sites for hydroxylation is 1. The Morgan fingerprint density at radius 3 is 2.22 bits per heavy atom. The fraction of sp³-hybridized carbons (Fsp3) is 0.0556. The van der Waals surface area contributed by atoms with Gasteiger partial charge in [0.1, 0.15) is 5.69 Å². The molecule has 23 heavy (non-hydrogen) atoms. The molecule has 3 aromatic rings. The van der Waals surface area contributed by atoms with Gasteiger partial charge >= 0.3 is 5.82 Å². The van der Waals surface area contributed by atoms with Crippen molar-refractivity contribution < 1.29 is 4.73 Å². The van der Waals surface area contributed by atoms with Gasteiger partial charge in [-0.05, 0) is 60.6 Å². The number of rotatable bonds is 4. The minimum Gasteiger partial charge on any atom is -0.710 e. The molecule has 114 valence electrons. The van der Waals surface area contributed by atoms with Crippen LogP contribution in [0.1, 0.15) is 5.56 Å². The maximum absolute atomic E-state index is 11.7.